The van der Waals surface area contributed by atoms with Gasteiger partial charge in [0.2, 0.25) is 0 Å². The lowest BCUT2D eigenvalue weighted by Crippen LogP contribution is -2.41. The third-order valence-electron chi connectivity index (χ3n) is 11.9. The Bertz CT molecular complexity index is 2670. The molecular formula is C53H41BN. The van der Waals surface area contributed by atoms with E-state index >= 15 is 0 Å². The second-order valence-corrected chi connectivity index (χ2v) is 15.3. The summed E-state index contributed by atoms with van der Waals surface area (Å²) in [5, 5.41) is 0. The van der Waals surface area contributed by atoms with Crippen molar-refractivity contribution in [2.45, 2.75) is 32.6 Å². The van der Waals surface area contributed by atoms with Crippen LogP contribution in [-0.4, -0.2) is 7.28 Å². The molecule has 0 unspecified atom stereocenters. The molecule has 0 fully saturated rings. The molecule has 10 rings (SSSR count). The fraction of sp³-hybridized carbons (Fsp3) is 0.0943. The summed E-state index contributed by atoms with van der Waals surface area (Å²) in [6.07, 6.45) is 0.851. The van der Waals surface area contributed by atoms with E-state index in [4.69, 9.17) is 0 Å². The summed E-state index contributed by atoms with van der Waals surface area (Å²) in [5.74, 6) is 0. The van der Waals surface area contributed by atoms with Crippen molar-refractivity contribution < 1.29 is 0 Å². The van der Waals surface area contributed by atoms with Crippen LogP contribution in [0.4, 0.5) is 17.1 Å². The van der Waals surface area contributed by atoms with Crippen LogP contribution >= 0.6 is 0 Å². The molecule has 0 saturated heterocycles. The van der Waals surface area contributed by atoms with E-state index in [1.807, 2.05) is 0 Å². The van der Waals surface area contributed by atoms with Gasteiger partial charge in [-0.2, -0.15) is 0 Å². The standard InChI is InChI=1S/C53H41BN/c1-35-30-36(2)51(37(3)31-35)39-33-45(52-50(34-39)55(42-23-11-6-12-24-42)49-29-16-15-28-48(49)54-52)43-25-17-27-47-44(43)32-38-18-13-14-26-46(38)53(47,40-19-7-4-8-20-40)41-21-9-5-10-22-41/h4-31,33-34H,32H2,1-3H3. The summed E-state index contributed by atoms with van der Waals surface area (Å²) in [4.78, 5) is 2.47. The van der Waals surface area contributed by atoms with Gasteiger partial charge in [-0.25, -0.2) is 0 Å². The first-order chi connectivity index (χ1) is 27.0. The van der Waals surface area contributed by atoms with Crippen LogP contribution in [0.15, 0.2) is 182 Å². The molecule has 0 atom stereocenters. The van der Waals surface area contributed by atoms with Gasteiger partial charge >= 0.3 is 0 Å². The van der Waals surface area contributed by atoms with Crippen molar-refractivity contribution in [1.82, 2.24) is 0 Å². The van der Waals surface area contributed by atoms with Gasteiger partial charge in [0.05, 0.1) is 5.41 Å². The molecule has 2 heteroatoms. The Hall–Kier alpha value is -6.38. The molecule has 0 saturated carbocycles. The van der Waals surface area contributed by atoms with Crippen LogP contribution < -0.4 is 15.8 Å². The molecule has 8 aromatic carbocycles. The van der Waals surface area contributed by atoms with Gasteiger partial charge in [-0.3, -0.25) is 0 Å². The smallest absolute Gasteiger partial charge is 0.197 e. The monoisotopic (exact) mass is 702 g/mol. The molecule has 1 heterocycles. The number of nitrogens with zero attached hydrogens (tertiary/aromatic N) is 1. The van der Waals surface area contributed by atoms with Crippen molar-refractivity contribution in [3.05, 3.63) is 232 Å². The van der Waals surface area contributed by atoms with E-state index in [0.717, 1.165) is 12.1 Å². The zero-order chi connectivity index (χ0) is 37.1. The van der Waals surface area contributed by atoms with Crippen molar-refractivity contribution in [3.8, 4) is 22.3 Å². The second kappa shape index (κ2) is 13.2. The first-order valence-electron chi connectivity index (χ1n) is 19.4. The maximum atomic E-state index is 2.49. The molecular weight excluding hydrogens is 661 g/mol. The largest absolute Gasteiger partial charge is 0.312 e. The highest BCUT2D eigenvalue weighted by Crippen LogP contribution is 2.53. The summed E-state index contributed by atoms with van der Waals surface area (Å²) in [7, 11) is 2.43. The molecule has 0 N–H and O–H groups in total. The summed E-state index contributed by atoms with van der Waals surface area (Å²) < 4.78 is 0. The zero-order valence-corrected chi connectivity index (χ0v) is 31.6. The number of benzene rings is 8. The first kappa shape index (κ1) is 33.2. The van der Waals surface area contributed by atoms with E-state index in [2.05, 4.69) is 215 Å². The zero-order valence-electron chi connectivity index (χ0n) is 31.6. The van der Waals surface area contributed by atoms with E-state index in [-0.39, 0.29) is 0 Å². The van der Waals surface area contributed by atoms with Gasteiger partial charge < -0.3 is 4.90 Å². The minimum absolute atomic E-state index is 0.489. The fourth-order valence-electron chi connectivity index (χ4n) is 9.85. The number of hydrogen-bond donors (Lipinski definition) is 0. The van der Waals surface area contributed by atoms with Crippen molar-refractivity contribution in [3.63, 3.8) is 0 Å². The van der Waals surface area contributed by atoms with Gasteiger partial charge in [0.15, 0.2) is 7.28 Å². The highest BCUT2D eigenvalue weighted by Gasteiger charge is 2.44. The molecule has 0 amide bonds. The Morgan fingerprint density at radius 3 is 1.82 bits per heavy atom. The number of fused-ring (bicyclic) bond motifs is 4. The molecule has 1 aliphatic heterocycles. The topological polar surface area (TPSA) is 3.24 Å². The van der Waals surface area contributed by atoms with Crippen LogP contribution in [0.25, 0.3) is 22.3 Å². The summed E-state index contributed by atoms with van der Waals surface area (Å²) in [6.45, 7) is 6.73. The third-order valence-corrected chi connectivity index (χ3v) is 11.9. The molecule has 0 aromatic heterocycles. The van der Waals surface area contributed by atoms with Crippen molar-refractivity contribution >= 4 is 35.3 Å². The van der Waals surface area contributed by atoms with Crippen LogP contribution in [0.1, 0.15) is 50.1 Å². The predicted molar refractivity (Wildman–Crippen MR) is 232 cm³/mol. The van der Waals surface area contributed by atoms with Gasteiger partial charge in [-0.1, -0.05) is 168 Å². The Balaban J connectivity index is 1.32. The second-order valence-electron chi connectivity index (χ2n) is 15.3. The van der Waals surface area contributed by atoms with Crippen molar-refractivity contribution in [2.75, 3.05) is 4.90 Å². The minimum atomic E-state index is -0.489. The highest BCUT2D eigenvalue weighted by atomic mass is 15.1. The minimum Gasteiger partial charge on any atom is -0.312 e. The molecule has 261 valence electrons. The number of hydrogen-bond acceptors (Lipinski definition) is 1. The van der Waals surface area contributed by atoms with E-state index in [9.17, 15) is 0 Å². The number of anilines is 3. The molecule has 0 bridgehead atoms. The van der Waals surface area contributed by atoms with E-state index in [1.54, 1.807) is 0 Å². The number of aryl methyl sites for hydroxylation is 3. The Kier molecular flexibility index (Phi) is 7.96. The Morgan fingerprint density at radius 1 is 0.509 bits per heavy atom. The van der Waals surface area contributed by atoms with Crippen molar-refractivity contribution in [2.24, 2.45) is 0 Å². The molecule has 8 aromatic rings. The van der Waals surface area contributed by atoms with Gasteiger partial charge in [-0.05, 0) is 124 Å². The maximum absolute atomic E-state index is 2.49. The van der Waals surface area contributed by atoms with Crippen LogP contribution in [0.3, 0.4) is 0 Å². The molecule has 1 aliphatic carbocycles. The lowest BCUT2D eigenvalue weighted by Gasteiger charge is -2.43. The number of para-hydroxylation sites is 2. The summed E-state index contributed by atoms with van der Waals surface area (Å²) in [6, 6.07) is 67.8. The third kappa shape index (κ3) is 5.23. The normalized spacial score (nSPS) is 13.5. The molecule has 0 spiro atoms. The highest BCUT2D eigenvalue weighted by molar-refractivity contribution is 6.73. The van der Waals surface area contributed by atoms with Gasteiger partial charge in [0.25, 0.3) is 0 Å². The SMILES string of the molecule is Cc1cc(C)c(-c2cc(-c3cccc4c3Cc3ccccc3C4(c3ccccc3)c3ccccc3)c3c(c2)N(c2ccccc2)c2ccccc2[B]3)c(C)c1. The van der Waals surface area contributed by atoms with Gasteiger partial charge in [0, 0.05) is 17.1 Å². The van der Waals surface area contributed by atoms with E-state index in [1.165, 1.54) is 94.6 Å². The lowest BCUT2D eigenvalue weighted by atomic mass is 9.56. The average Bonchev–Trinajstić information content (AvgIpc) is 3.22. The van der Waals surface area contributed by atoms with Gasteiger partial charge in [0.1, 0.15) is 0 Å². The number of rotatable bonds is 5. The molecule has 55 heavy (non-hydrogen) atoms. The summed E-state index contributed by atoms with van der Waals surface area (Å²) >= 11 is 0. The quantitative estimate of drug-likeness (QED) is 0.161. The van der Waals surface area contributed by atoms with Crippen LogP contribution in [0.2, 0.25) is 0 Å². The van der Waals surface area contributed by atoms with Crippen molar-refractivity contribution in [1.29, 1.82) is 0 Å². The van der Waals surface area contributed by atoms with E-state index < -0.39 is 5.41 Å². The molecule has 1 radical (unpaired) electrons. The lowest BCUT2D eigenvalue weighted by molar-refractivity contribution is 0.704. The summed E-state index contributed by atoms with van der Waals surface area (Å²) in [5.41, 5.74) is 22.5. The Morgan fingerprint density at radius 2 is 1.11 bits per heavy atom. The molecule has 1 nitrogen and oxygen atoms in total. The predicted octanol–water partition coefficient (Wildman–Crippen LogP) is 11.7. The fourth-order valence-corrected chi connectivity index (χ4v) is 9.85. The Labute approximate surface area is 325 Å². The van der Waals surface area contributed by atoms with E-state index in [0.29, 0.717) is 0 Å². The molecule has 2 aliphatic rings. The van der Waals surface area contributed by atoms with Crippen LogP contribution in [0.5, 0.6) is 0 Å². The van der Waals surface area contributed by atoms with Crippen LogP contribution in [-0.2, 0) is 11.8 Å². The van der Waals surface area contributed by atoms with Gasteiger partial charge in [-0.15, -0.1) is 0 Å². The maximum Gasteiger partial charge on any atom is 0.197 e. The van der Waals surface area contributed by atoms with Crippen LogP contribution in [0, 0.1) is 20.8 Å². The average molecular weight is 703 g/mol. The first-order valence-corrected chi connectivity index (χ1v) is 19.4.